The lowest BCUT2D eigenvalue weighted by Gasteiger charge is -2.39. The minimum atomic E-state index is -0.517. The van der Waals surface area contributed by atoms with Crippen LogP contribution < -0.4 is 16.4 Å². The average Bonchev–Trinajstić information content (AvgIpc) is 3.76. The molecule has 1 aliphatic heterocycles. The Morgan fingerprint density at radius 1 is 0.818 bits per heavy atom. The molecule has 1 heterocycles. The highest BCUT2D eigenvalue weighted by Gasteiger charge is 2.34. The zero-order valence-corrected chi connectivity index (χ0v) is 31.8. The first kappa shape index (κ1) is 39.9. The molecule has 0 spiro atoms. The number of aliphatic hydroxyl groups excluding tert-OH is 1. The summed E-state index contributed by atoms with van der Waals surface area (Å²) < 4.78 is 13.3. The number of aliphatic hydroxyl groups is 1. The van der Waals surface area contributed by atoms with E-state index in [-0.39, 0.29) is 30.6 Å². The van der Waals surface area contributed by atoms with Crippen LogP contribution in [0.2, 0.25) is 0 Å². The first-order valence-corrected chi connectivity index (χ1v) is 19.8. The minimum Gasteiger partial charge on any atom is -0.397 e. The SMILES string of the molecule is C=CCN(C[C@H]1C[C@@H](c2ccc(CO)cc2)O[C@@H](c2ccc(-c3cccc(CNC(=O)CCCCCC(=O)Nc4ccccc4N)c3)cc2)O1)C1CCCC1. The van der Waals surface area contributed by atoms with Gasteiger partial charge in [-0.1, -0.05) is 104 Å². The lowest BCUT2D eigenvalue weighted by molar-refractivity contribution is -0.253. The van der Waals surface area contributed by atoms with E-state index < -0.39 is 6.29 Å². The van der Waals surface area contributed by atoms with Crippen molar-refractivity contribution in [3.05, 3.63) is 132 Å². The number of carbonyl (C=O) groups excluding carboxylic acids is 2. The number of nitrogens with one attached hydrogen (secondary N) is 2. The Hall–Kier alpha value is -4.80. The molecule has 2 amide bonds. The fourth-order valence-corrected chi connectivity index (χ4v) is 7.66. The Balaban J connectivity index is 1.01. The monoisotopic (exact) mass is 744 g/mol. The quantitative estimate of drug-likeness (QED) is 0.0457. The second-order valence-corrected chi connectivity index (χ2v) is 14.8. The molecule has 0 unspecified atom stereocenters. The van der Waals surface area contributed by atoms with Crippen molar-refractivity contribution in [2.75, 3.05) is 24.1 Å². The van der Waals surface area contributed by atoms with E-state index in [1.165, 1.54) is 25.7 Å². The molecule has 2 aliphatic rings. The maximum Gasteiger partial charge on any atom is 0.224 e. The number of amides is 2. The number of nitrogens with zero attached hydrogens (tertiary/aromatic N) is 1. The molecule has 0 bridgehead atoms. The second kappa shape index (κ2) is 20.2. The van der Waals surface area contributed by atoms with Gasteiger partial charge in [0.2, 0.25) is 11.8 Å². The first-order valence-electron chi connectivity index (χ1n) is 19.8. The van der Waals surface area contributed by atoms with E-state index in [2.05, 4.69) is 70.6 Å². The Morgan fingerprint density at radius 2 is 1.55 bits per heavy atom. The zero-order chi connectivity index (χ0) is 38.4. The Labute approximate surface area is 325 Å². The third-order valence-corrected chi connectivity index (χ3v) is 10.7. The number of anilines is 2. The van der Waals surface area contributed by atoms with E-state index in [0.717, 1.165) is 65.7 Å². The smallest absolute Gasteiger partial charge is 0.224 e. The van der Waals surface area contributed by atoms with Gasteiger partial charge in [0.15, 0.2) is 6.29 Å². The van der Waals surface area contributed by atoms with Crippen molar-refractivity contribution in [2.45, 2.75) is 102 Å². The molecule has 3 atom stereocenters. The van der Waals surface area contributed by atoms with Crippen LogP contribution in [0.5, 0.6) is 0 Å². The molecule has 0 aromatic heterocycles. The van der Waals surface area contributed by atoms with E-state index in [9.17, 15) is 14.7 Å². The van der Waals surface area contributed by atoms with Crippen LogP contribution >= 0.6 is 0 Å². The van der Waals surface area contributed by atoms with Gasteiger partial charge in [-0.25, -0.2) is 0 Å². The number of carbonyl (C=O) groups is 2. The molecular formula is C46H56N4O5. The zero-order valence-electron chi connectivity index (χ0n) is 31.8. The second-order valence-electron chi connectivity index (χ2n) is 14.8. The summed E-state index contributed by atoms with van der Waals surface area (Å²) >= 11 is 0. The number of para-hydroxylation sites is 2. The predicted octanol–water partition coefficient (Wildman–Crippen LogP) is 8.61. The van der Waals surface area contributed by atoms with Crippen LogP contribution in [0.25, 0.3) is 11.1 Å². The van der Waals surface area contributed by atoms with Crippen molar-refractivity contribution in [2.24, 2.45) is 0 Å². The molecule has 0 radical (unpaired) electrons. The molecule has 55 heavy (non-hydrogen) atoms. The van der Waals surface area contributed by atoms with Gasteiger partial charge in [-0.2, -0.15) is 0 Å². The van der Waals surface area contributed by atoms with Gasteiger partial charge in [0.1, 0.15) is 0 Å². The van der Waals surface area contributed by atoms with Crippen LogP contribution in [-0.2, 0) is 32.2 Å². The van der Waals surface area contributed by atoms with Gasteiger partial charge >= 0.3 is 0 Å². The lowest BCUT2D eigenvalue weighted by atomic mass is 9.98. The number of rotatable bonds is 18. The number of benzene rings is 4. The van der Waals surface area contributed by atoms with Gasteiger partial charge in [-0.3, -0.25) is 14.5 Å². The summed E-state index contributed by atoms with van der Waals surface area (Å²) in [6.07, 6.45) is 10.1. The highest BCUT2D eigenvalue weighted by molar-refractivity contribution is 5.93. The van der Waals surface area contributed by atoms with Gasteiger partial charge in [0, 0.05) is 50.5 Å². The summed E-state index contributed by atoms with van der Waals surface area (Å²) in [7, 11) is 0. The van der Waals surface area contributed by atoms with Crippen molar-refractivity contribution >= 4 is 23.2 Å². The fourth-order valence-electron chi connectivity index (χ4n) is 7.66. The molecule has 9 heteroatoms. The van der Waals surface area contributed by atoms with Crippen LogP contribution in [0.15, 0.2) is 110 Å². The van der Waals surface area contributed by atoms with Crippen molar-refractivity contribution in [3.8, 4) is 11.1 Å². The summed E-state index contributed by atoms with van der Waals surface area (Å²) in [6.45, 7) is 6.17. The largest absolute Gasteiger partial charge is 0.397 e. The number of nitrogen functional groups attached to an aromatic ring is 1. The average molecular weight is 745 g/mol. The van der Waals surface area contributed by atoms with E-state index in [1.54, 1.807) is 12.1 Å². The number of hydrogen-bond acceptors (Lipinski definition) is 7. The minimum absolute atomic E-state index is 0.000511. The third kappa shape index (κ3) is 11.6. The predicted molar refractivity (Wildman–Crippen MR) is 219 cm³/mol. The molecule has 2 fully saturated rings. The maximum absolute atomic E-state index is 12.6. The molecule has 6 rings (SSSR count). The fraction of sp³-hybridized carbons (Fsp3) is 0.391. The van der Waals surface area contributed by atoms with Gasteiger partial charge in [0.05, 0.1) is 30.2 Å². The summed E-state index contributed by atoms with van der Waals surface area (Å²) in [6, 6.07) is 32.4. The van der Waals surface area contributed by atoms with Crippen LogP contribution in [0.4, 0.5) is 11.4 Å². The maximum atomic E-state index is 12.6. The van der Waals surface area contributed by atoms with E-state index in [0.29, 0.717) is 43.2 Å². The summed E-state index contributed by atoms with van der Waals surface area (Å²) in [5.41, 5.74) is 13.2. The normalized spacial score (nSPS) is 18.6. The van der Waals surface area contributed by atoms with E-state index in [1.807, 2.05) is 42.5 Å². The van der Waals surface area contributed by atoms with E-state index in [4.69, 9.17) is 15.2 Å². The Kier molecular flexibility index (Phi) is 14.7. The Bertz CT molecular complexity index is 1840. The van der Waals surface area contributed by atoms with Crippen molar-refractivity contribution in [1.29, 1.82) is 0 Å². The lowest BCUT2D eigenvalue weighted by Crippen LogP contribution is -2.43. The van der Waals surface area contributed by atoms with Gasteiger partial charge in [0.25, 0.3) is 0 Å². The number of ether oxygens (including phenoxy) is 2. The molecule has 1 saturated heterocycles. The highest BCUT2D eigenvalue weighted by Crippen LogP contribution is 2.39. The number of unbranched alkanes of at least 4 members (excludes halogenated alkanes) is 2. The van der Waals surface area contributed by atoms with Crippen LogP contribution in [0.1, 0.15) is 98.9 Å². The van der Waals surface area contributed by atoms with Crippen LogP contribution in [0.3, 0.4) is 0 Å². The Morgan fingerprint density at radius 3 is 2.27 bits per heavy atom. The van der Waals surface area contributed by atoms with Crippen LogP contribution in [-0.4, -0.2) is 47.1 Å². The first-order chi connectivity index (χ1) is 26.9. The van der Waals surface area contributed by atoms with E-state index >= 15 is 0 Å². The van der Waals surface area contributed by atoms with Gasteiger partial charge in [-0.05, 0) is 71.7 Å². The van der Waals surface area contributed by atoms with Gasteiger partial charge < -0.3 is 30.9 Å². The molecule has 9 nitrogen and oxygen atoms in total. The topological polar surface area (TPSA) is 126 Å². The molecule has 1 saturated carbocycles. The number of hydrogen-bond donors (Lipinski definition) is 4. The molecule has 290 valence electrons. The molecule has 4 aromatic carbocycles. The van der Waals surface area contributed by atoms with Crippen LogP contribution in [0, 0.1) is 0 Å². The third-order valence-electron chi connectivity index (χ3n) is 10.7. The summed E-state index contributed by atoms with van der Waals surface area (Å²) in [4.78, 5) is 27.4. The molecule has 4 aromatic rings. The molecule has 1 aliphatic carbocycles. The van der Waals surface area contributed by atoms with Crippen molar-refractivity contribution < 1.29 is 24.2 Å². The number of nitrogens with two attached hydrogens (primary N) is 1. The summed E-state index contributed by atoms with van der Waals surface area (Å²) in [5, 5.41) is 15.5. The molecule has 5 N–H and O–H groups in total. The van der Waals surface area contributed by atoms with Crippen molar-refractivity contribution in [1.82, 2.24) is 10.2 Å². The highest BCUT2D eigenvalue weighted by atomic mass is 16.7. The summed E-state index contributed by atoms with van der Waals surface area (Å²) in [5.74, 6) is -0.0716. The van der Waals surface area contributed by atoms with Crippen molar-refractivity contribution in [3.63, 3.8) is 0 Å². The molecular weight excluding hydrogens is 689 g/mol. The van der Waals surface area contributed by atoms with Gasteiger partial charge in [-0.15, -0.1) is 6.58 Å². The standard InChI is InChI=1S/C46H56N4O5/c1-2-27-50(39-13-6-7-14-39)31-40-29-43(36-21-19-33(32-51)20-22-36)55-46(54-40)37-25-23-35(24-26-37)38-12-10-11-34(28-38)30-48-44(52)17-4-3-5-18-45(53)49-42-16-9-8-15-41(42)47/h2,8-12,15-16,19-26,28,39-40,43,46,51H,1,3-7,13-14,17-18,27,29-32,47H2,(H,48,52)(H,49,53)/t40-,43+,46+/m1/s1.